The van der Waals surface area contributed by atoms with Crippen LogP contribution in [0.2, 0.25) is 0 Å². The Bertz CT molecular complexity index is 1560. The molecule has 9 nitrogen and oxygen atoms in total. The van der Waals surface area contributed by atoms with Gasteiger partial charge in [-0.05, 0) is 56.0 Å². The van der Waals surface area contributed by atoms with E-state index in [0.717, 1.165) is 64.9 Å². The molecular formula is C28H30N8O. The van der Waals surface area contributed by atoms with Gasteiger partial charge in [-0.15, -0.1) is 0 Å². The maximum absolute atomic E-state index is 12.2. The number of carbonyl (C=O) groups is 1. The molecule has 1 amide bonds. The van der Waals surface area contributed by atoms with Crippen LogP contribution in [0.1, 0.15) is 45.4 Å². The summed E-state index contributed by atoms with van der Waals surface area (Å²) < 4.78 is 0. The lowest BCUT2D eigenvalue weighted by Crippen LogP contribution is -2.29. The van der Waals surface area contributed by atoms with E-state index in [1.165, 1.54) is 19.3 Å². The van der Waals surface area contributed by atoms with Crippen molar-refractivity contribution in [1.82, 2.24) is 30.1 Å². The molecule has 188 valence electrons. The van der Waals surface area contributed by atoms with Gasteiger partial charge in [-0.1, -0.05) is 19.4 Å². The van der Waals surface area contributed by atoms with E-state index in [1.54, 1.807) is 12.4 Å². The third-order valence-electron chi connectivity index (χ3n) is 6.90. The molecule has 0 spiro atoms. The summed E-state index contributed by atoms with van der Waals surface area (Å²) in [6, 6.07) is 12.1. The predicted octanol–water partition coefficient (Wildman–Crippen LogP) is 5.68. The van der Waals surface area contributed by atoms with Gasteiger partial charge < -0.3 is 15.2 Å². The summed E-state index contributed by atoms with van der Waals surface area (Å²) in [6.07, 6.45) is 9.46. The van der Waals surface area contributed by atoms with Crippen LogP contribution in [0.4, 0.5) is 11.4 Å². The number of para-hydroxylation sites is 1. The number of aromatic nitrogens is 6. The van der Waals surface area contributed by atoms with Gasteiger partial charge in [-0.2, -0.15) is 5.10 Å². The van der Waals surface area contributed by atoms with E-state index in [-0.39, 0.29) is 5.91 Å². The highest BCUT2D eigenvalue weighted by Gasteiger charge is 2.19. The molecule has 0 unspecified atom stereocenters. The molecule has 0 saturated carbocycles. The van der Waals surface area contributed by atoms with Gasteiger partial charge in [-0.3, -0.25) is 14.9 Å². The first-order valence-corrected chi connectivity index (χ1v) is 13.0. The first-order valence-electron chi connectivity index (χ1n) is 13.0. The van der Waals surface area contributed by atoms with Crippen LogP contribution in [0.15, 0.2) is 48.8 Å². The van der Waals surface area contributed by atoms with E-state index in [0.29, 0.717) is 23.6 Å². The fraction of sp³-hybridized carbons (Fsp3) is 0.321. The SMILES string of the molecule is CCCCC(=O)Nc1cncc(-c2ccc3[nH]nc(-c4nc5c(N6CCCCC6)cccc5[nH]4)c3n2)c1. The molecule has 4 aromatic heterocycles. The number of hydrogen-bond donors (Lipinski definition) is 3. The van der Waals surface area contributed by atoms with E-state index in [1.807, 2.05) is 18.2 Å². The first-order chi connectivity index (χ1) is 18.2. The number of benzene rings is 1. The number of carbonyl (C=O) groups excluding carboxylic acids is 1. The highest BCUT2D eigenvalue weighted by molar-refractivity contribution is 5.95. The Balaban J connectivity index is 1.34. The van der Waals surface area contributed by atoms with Gasteiger partial charge in [0.05, 0.1) is 34.3 Å². The molecule has 0 radical (unpaired) electrons. The standard InChI is InChI=1S/C28H30N8O/c1-2-3-10-24(37)30-19-15-18(16-29-17-19)20-11-12-22-26(31-20)27(35-34-22)28-32-21-8-7-9-23(25(21)33-28)36-13-5-4-6-14-36/h7-9,11-12,15-17H,2-6,10,13-14H2,1H3,(H,30,37)(H,32,33)(H,34,35). The number of piperidine rings is 1. The van der Waals surface area contributed by atoms with Crippen LogP contribution >= 0.6 is 0 Å². The van der Waals surface area contributed by atoms with Crippen LogP contribution in [-0.4, -0.2) is 49.1 Å². The zero-order chi connectivity index (χ0) is 25.2. The quantitative estimate of drug-likeness (QED) is 0.268. The Morgan fingerprint density at radius 2 is 1.92 bits per heavy atom. The molecule has 37 heavy (non-hydrogen) atoms. The summed E-state index contributed by atoms with van der Waals surface area (Å²) in [4.78, 5) is 32.3. The highest BCUT2D eigenvalue weighted by Crippen LogP contribution is 2.32. The van der Waals surface area contributed by atoms with Gasteiger partial charge in [0.2, 0.25) is 5.91 Å². The van der Waals surface area contributed by atoms with Crippen LogP contribution < -0.4 is 10.2 Å². The largest absolute Gasteiger partial charge is 0.370 e. The summed E-state index contributed by atoms with van der Waals surface area (Å²) in [5, 5.41) is 10.6. The Morgan fingerprint density at radius 3 is 2.78 bits per heavy atom. The van der Waals surface area contributed by atoms with Gasteiger partial charge in [-0.25, -0.2) is 9.97 Å². The van der Waals surface area contributed by atoms with Crippen molar-refractivity contribution in [1.29, 1.82) is 0 Å². The van der Waals surface area contributed by atoms with E-state index in [9.17, 15) is 4.79 Å². The van der Waals surface area contributed by atoms with Crippen molar-refractivity contribution in [3.8, 4) is 22.8 Å². The molecule has 6 rings (SSSR count). The third-order valence-corrected chi connectivity index (χ3v) is 6.90. The minimum atomic E-state index is -0.00450. The lowest BCUT2D eigenvalue weighted by atomic mass is 10.1. The van der Waals surface area contributed by atoms with Crippen molar-refractivity contribution in [2.75, 3.05) is 23.3 Å². The summed E-state index contributed by atoms with van der Waals surface area (Å²) in [5.41, 5.74) is 7.57. The van der Waals surface area contributed by atoms with Gasteiger partial charge in [0.15, 0.2) is 11.5 Å². The van der Waals surface area contributed by atoms with Crippen LogP contribution in [0.3, 0.4) is 0 Å². The molecule has 1 fully saturated rings. The molecule has 1 aliphatic rings. The molecule has 3 N–H and O–H groups in total. The van der Waals surface area contributed by atoms with Crippen LogP contribution in [0, 0.1) is 0 Å². The Morgan fingerprint density at radius 1 is 1.03 bits per heavy atom. The number of pyridine rings is 2. The molecule has 0 bridgehead atoms. The number of unbranched alkanes of at least 4 members (excludes halogenated alkanes) is 1. The summed E-state index contributed by atoms with van der Waals surface area (Å²) in [5.74, 6) is 0.681. The van der Waals surface area contributed by atoms with Crippen molar-refractivity contribution >= 4 is 39.3 Å². The van der Waals surface area contributed by atoms with Crippen LogP contribution in [0.5, 0.6) is 0 Å². The monoisotopic (exact) mass is 494 g/mol. The van der Waals surface area contributed by atoms with Crippen LogP contribution in [0.25, 0.3) is 44.8 Å². The van der Waals surface area contributed by atoms with Gasteiger partial charge in [0.25, 0.3) is 0 Å². The molecule has 1 aromatic carbocycles. The smallest absolute Gasteiger partial charge is 0.224 e. The number of amides is 1. The second kappa shape index (κ2) is 10.0. The molecule has 1 aliphatic heterocycles. The zero-order valence-corrected chi connectivity index (χ0v) is 20.9. The van der Waals surface area contributed by atoms with E-state index in [2.05, 4.69) is 55.5 Å². The third kappa shape index (κ3) is 4.64. The topological polar surface area (TPSA) is 115 Å². The fourth-order valence-corrected chi connectivity index (χ4v) is 4.95. The summed E-state index contributed by atoms with van der Waals surface area (Å²) >= 11 is 0. The number of hydrogen-bond acceptors (Lipinski definition) is 6. The lowest BCUT2D eigenvalue weighted by molar-refractivity contribution is -0.116. The van der Waals surface area contributed by atoms with Crippen molar-refractivity contribution in [2.45, 2.75) is 45.4 Å². The number of H-pyrrole nitrogens is 2. The Kier molecular flexibility index (Phi) is 6.26. The lowest BCUT2D eigenvalue weighted by Gasteiger charge is -2.28. The summed E-state index contributed by atoms with van der Waals surface area (Å²) in [7, 11) is 0. The normalized spacial score (nSPS) is 13.9. The van der Waals surface area contributed by atoms with Crippen molar-refractivity contribution in [3.05, 3.63) is 48.8 Å². The molecular weight excluding hydrogens is 464 g/mol. The Labute approximate surface area is 214 Å². The highest BCUT2D eigenvalue weighted by atomic mass is 16.1. The summed E-state index contributed by atoms with van der Waals surface area (Å²) in [6.45, 7) is 4.19. The van der Waals surface area contributed by atoms with Gasteiger partial charge >= 0.3 is 0 Å². The van der Waals surface area contributed by atoms with E-state index < -0.39 is 0 Å². The predicted molar refractivity (Wildman–Crippen MR) is 146 cm³/mol. The molecule has 5 heterocycles. The number of fused-ring (bicyclic) bond motifs is 2. The average Bonchev–Trinajstić information content (AvgIpc) is 3.56. The van der Waals surface area contributed by atoms with Crippen molar-refractivity contribution in [3.63, 3.8) is 0 Å². The number of anilines is 2. The number of nitrogens with zero attached hydrogens (tertiary/aromatic N) is 5. The van der Waals surface area contributed by atoms with E-state index in [4.69, 9.17) is 9.97 Å². The van der Waals surface area contributed by atoms with Crippen molar-refractivity contribution in [2.24, 2.45) is 0 Å². The number of nitrogens with one attached hydrogen (secondary N) is 3. The number of rotatable bonds is 7. The van der Waals surface area contributed by atoms with E-state index >= 15 is 0 Å². The first kappa shape index (κ1) is 23.1. The number of aromatic amines is 2. The van der Waals surface area contributed by atoms with Crippen molar-refractivity contribution < 1.29 is 4.79 Å². The van der Waals surface area contributed by atoms with Gasteiger partial charge in [0, 0.05) is 31.3 Å². The molecule has 1 saturated heterocycles. The second-order valence-corrected chi connectivity index (χ2v) is 9.59. The maximum atomic E-state index is 12.2. The second-order valence-electron chi connectivity index (χ2n) is 9.59. The molecule has 0 aliphatic carbocycles. The maximum Gasteiger partial charge on any atom is 0.224 e. The molecule has 9 heteroatoms. The van der Waals surface area contributed by atoms with Gasteiger partial charge in [0.1, 0.15) is 11.0 Å². The number of imidazole rings is 1. The average molecular weight is 495 g/mol. The zero-order valence-electron chi connectivity index (χ0n) is 20.9. The van der Waals surface area contributed by atoms with Crippen LogP contribution in [-0.2, 0) is 4.79 Å². The molecule has 0 atom stereocenters. The minimum absolute atomic E-state index is 0.00450. The Hall–Kier alpha value is -4.27. The minimum Gasteiger partial charge on any atom is -0.370 e. The molecule has 5 aromatic rings. The fourth-order valence-electron chi connectivity index (χ4n) is 4.95.